The molecule has 1 aliphatic heterocycles. The van der Waals surface area contributed by atoms with Crippen LogP contribution in [0.25, 0.3) is 0 Å². The molecule has 0 radical (unpaired) electrons. The number of hydrogen-bond acceptors (Lipinski definition) is 2. The van der Waals surface area contributed by atoms with Gasteiger partial charge < -0.3 is 5.32 Å². The van der Waals surface area contributed by atoms with Gasteiger partial charge in [0.2, 0.25) is 0 Å². The summed E-state index contributed by atoms with van der Waals surface area (Å²) in [6.45, 7) is 6.12. The van der Waals surface area contributed by atoms with Crippen LogP contribution >= 0.6 is 11.8 Å². The second kappa shape index (κ2) is 6.30. The molecule has 0 amide bonds. The van der Waals surface area contributed by atoms with Gasteiger partial charge in [-0.1, -0.05) is 13.8 Å². The van der Waals surface area contributed by atoms with Crippen LogP contribution in [-0.2, 0) is 0 Å². The number of nitrogens with one attached hydrogen (secondary N) is 1. The Morgan fingerprint density at radius 2 is 1.81 bits per heavy atom. The Hall–Kier alpha value is 0.310. The molecule has 0 bridgehead atoms. The van der Waals surface area contributed by atoms with Crippen LogP contribution in [0.5, 0.6) is 0 Å². The zero-order valence-corrected chi connectivity index (χ0v) is 11.7. The minimum absolute atomic E-state index is 0.811. The molecule has 1 heterocycles. The first-order chi connectivity index (χ1) is 7.75. The van der Waals surface area contributed by atoms with Crippen molar-refractivity contribution in [1.29, 1.82) is 0 Å². The fraction of sp³-hybridized carbons (Fsp3) is 1.00. The Morgan fingerprint density at radius 1 is 1.06 bits per heavy atom. The minimum Gasteiger partial charge on any atom is -0.313 e. The monoisotopic (exact) mass is 241 g/mol. The van der Waals surface area contributed by atoms with Crippen LogP contribution in [0.15, 0.2) is 0 Å². The van der Waals surface area contributed by atoms with Gasteiger partial charge in [-0.3, -0.25) is 0 Å². The second-order valence-electron chi connectivity index (χ2n) is 5.97. The van der Waals surface area contributed by atoms with Crippen LogP contribution in [0.2, 0.25) is 0 Å². The van der Waals surface area contributed by atoms with Crippen molar-refractivity contribution in [1.82, 2.24) is 5.32 Å². The van der Waals surface area contributed by atoms with Crippen LogP contribution in [0.3, 0.4) is 0 Å². The maximum atomic E-state index is 3.85. The highest BCUT2D eigenvalue weighted by Gasteiger charge is 2.25. The predicted molar refractivity (Wildman–Crippen MR) is 74.0 cm³/mol. The molecule has 2 rings (SSSR count). The standard InChI is InChI=1S/C14H27NS/c1-11-3-4-14(12(2)9-11)15-10-13-5-7-16-8-6-13/h11-15H,3-10H2,1-2H3. The van der Waals surface area contributed by atoms with E-state index in [-0.39, 0.29) is 0 Å². The van der Waals surface area contributed by atoms with E-state index < -0.39 is 0 Å². The number of hydrogen-bond donors (Lipinski definition) is 1. The van der Waals surface area contributed by atoms with Gasteiger partial charge in [0, 0.05) is 6.04 Å². The summed E-state index contributed by atoms with van der Waals surface area (Å²) in [5.74, 6) is 5.60. The molecule has 2 heteroatoms. The molecule has 0 aromatic heterocycles. The lowest BCUT2D eigenvalue weighted by Crippen LogP contribution is -2.41. The van der Waals surface area contributed by atoms with E-state index in [0.29, 0.717) is 0 Å². The Labute approximate surface area is 105 Å². The van der Waals surface area contributed by atoms with Gasteiger partial charge in [0.1, 0.15) is 0 Å². The minimum atomic E-state index is 0.811. The highest BCUT2D eigenvalue weighted by Crippen LogP contribution is 2.29. The summed E-state index contributed by atoms with van der Waals surface area (Å²) in [6.07, 6.45) is 7.15. The molecule has 3 atom stereocenters. The van der Waals surface area contributed by atoms with E-state index in [0.717, 1.165) is 23.8 Å². The molecule has 1 aliphatic carbocycles. The van der Waals surface area contributed by atoms with Crippen LogP contribution < -0.4 is 5.32 Å². The lowest BCUT2D eigenvalue weighted by molar-refractivity contribution is 0.219. The van der Waals surface area contributed by atoms with E-state index in [1.807, 2.05) is 0 Å². The van der Waals surface area contributed by atoms with Gasteiger partial charge in [0.25, 0.3) is 0 Å². The second-order valence-corrected chi connectivity index (χ2v) is 7.19. The van der Waals surface area contributed by atoms with Crippen molar-refractivity contribution in [2.75, 3.05) is 18.1 Å². The highest BCUT2D eigenvalue weighted by atomic mass is 32.2. The fourth-order valence-electron chi connectivity index (χ4n) is 3.24. The van der Waals surface area contributed by atoms with Crippen LogP contribution in [-0.4, -0.2) is 24.1 Å². The summed E-state index contributed by atoms with van der Waals surface area (Å²) in [6, 6.07) is 0.811. The van der Waals surface area contributed by atoms with Gasteiger partial charge in [-0.25, -0.2) is 0 Å². The normalized spacial score (nSPS) is 37.5. The average molecular weight is 241 g/mol. The summed E-state index contributed by atoms with van der Waals surface area (Å²) < 4.78 is 0. The molecule has 2 aliphatic rings. The van der Waals surface area contributed by atoms with Crippen molar-refractivity contribution in [3.63, 3.8) is 0 Å². The van der Waals surface area contributed by atoms with Crippen LogP contribution in [0.1, 0.15) is 46.0 Å². The van der Waals surface area contributed by atoms with Gasteiger partial charge in [-0.05, 0) is 67.9 Å². The maximum absolute atomic E-state index is 3.85. The molecule has 1 nitrogen and oxygen atoms in total. The average Bonchev–Trinajstić information content (AvgIpc) is 2.29. The van der Waals surface area contributed by atoms with E-state index in [4.69, 9.17) is 0 Å². The lowest BCUT2D eigenvalue weighted by Gasteiger charge is -2.34. The van der Waals surface area contributed by atoms with Crippen molar-refractivity contribution in [3.05, 3.63) is 0 Å². The Balaban J connectivity index is 1.68. The van der Waals surface area contributed by atoms with Crippen molar-refractivity contribution in [2.45, 2.75) is 52.0 Å². The van der Waals surface area contributed by atoms with E-state index >= 15 is 0 Å². The molecule has 2 fully saturated rings. The predicted octanol–water partition coefficient (Wildman–Crippen LogP) is 3.54. The zero-order chi connectivity index (χ0) is 11.4. The molecule has 16 heavy (non-hydrogen) atoms. The van der Waals surface area contributed by atoms with Crippen molar-refractivity contribution >= 4 is 11.8 Å². The SMILES string of the molecule is CC1CCC(NCC2CCSCC2)C(C)C1. The summed E-state index contributed by atoms with van der Waals surface area (Å²) in [7, 11) is 0. The molecule has 1 saturated heterocycles. The zero-order valence-electron chi connectivity index (χ0n) is 10.9. The van der Waals surface area contributed by atoms with Crippen molar-refractivity contribution in [3.8, 4) is 0 Å². The largest absolute Gasteiger partial charge is 0.313 e. The van der Waals surface area contributed by atoms with Crippen LogP contribution in [0.4, 0.5) is 0 Å². The number of thioether (sulfide) groups is 1. The summed E-state index contributed by atoms with van der Waals surface area (Å²) in [5, 5.41) is 3.85. The van der Waals surface area contributed by atoms with E-state index in [1.165, 1.54) is 50.2 Å². The van der Waals surface area contributed by atoms with Crippen molar-refractivity contribution in [2.24, 2.45) is 17.8 Å². The van der Waals surface area contributed by atoms with E-state index in [1.54, 1.807) is 0 Å². The maximum Gasteiger partial charge on any atom is 0.00930 e. The summed E-state index contributed by atoms with van der Waals surface area (Å²) in [5.41, 5.74) is 0. The third-order valence-corrected chi connectivity index (χ3v) is 5.49. The van der Waals surface area contributed by atoms with Gasteiger partial charge in [0.15, 0.2) is 0 Å². The van der Waals surface area contributed by atoms with Gasteiger partial charge in [-0.15, -0.1) is 0 Å². The lowest BCUT2D eigenvalue weighted by atomic mass is 9.79. The molecule has 3 unspecified atom stereocenters. The van der Waals surface area contributed by atoms with E-state index in [2.05, 4.69) is 30.9 Å². The first kappa shape index (κ1) is 12.8. The Kier molecular flexibility index (Phi) is 5.02. The number of rotatable bonds is 3. The molecular formula is C14H27NS. The first-order valence-corrected chi connectivity index (χ1v) is 8.22. The van der Waals surface area contributed by atoms with Gasteiger partial charge in [-0.2, -0.15) is 11.8 Å². The van der Waals surface area contributed by atoms with Gasteiger partial charge >= 0.3 is 0 Å². The first-order valence-electron chi connectivity index (χ1n) is 7.07. The molecule has 94 valence electrons. The molecular weight excluding hydrogens is 214 g/mol. The summed E-state index contributed by atoms with van der Waals surface area (Å²) in [4.78, 5) is 0. The van der Waals surface area contributed by atoms with Crippen LogP contribution in [0, 0.1) is 17.8 Å². The third kappa shape index (κ3) is 3.66. The van der Waals surface area contributed by atoms with Crippen molar-refractivity contribution < 1.29 is 0 Å². The molecule has 0 spiro atoms. The quantitative estimate of drug-likeness (QED) is 0.811. The fourth-order valence-corrected chi connectivity index (χ4v) is 4.44. The smallest absolute Gasteiger partial charge is 0.00930 e. The summed E-state index contributed by atoms with van der Waals surface area (Å²) >= 11 is 2.13. The molecule has 0 aromatic rings. The Bertz CT molecular complexity index is 201. The highest BCUT2D eigenvalue weighted by molar-refractivity contribution is 7.99. The molecule has 1 N–H and O–H groups in total. The third-order valence-electron chi connectivity index (χ3n) is 4.44. The Morgan fingerprint density at radius 3 is 2.50 bits per heavy atom. The van der Waals surface area contributed by atoms with Gasteiger partial charge in [0.05, 0.1) is 0 Å². The molecule has 0 aromatic carbocycles. The van der Waals surface area contributed by atoms with E-state index in [9.17, 15) is 0 Å². The molecule has 1 saturated carbocycles. The topological polar surface area (TPSA) is 12.0 Å².